The molecule has 0 radical (unpaired) electrons. The number of carboxylic acids is 1. The van der Waals surface area contributed by atoms with Crippen LogP contribution < -0.4 is 10.6 Å². The molecule has 1 aromatic carbocycles. The molecule has 2 aliphatic carbocycles. The van der Waals surface area contributed by atoms with Gasteiger partial charge in [-0.05, 0) is 61.8 Å². The lowest BCUT2D eigenvalue weighted by molar-refractivity contribution is -0.139. The molecule has 2 heterocycles. The number of aromatic nitrogens is 3. The minimum Gasteiger partial charge on any atom is -0.481 e. The van der Waals surface area contributed by atoms with E-state index in [1.54, 1.807) is 12.3 Å². The number of anilines is 3. The minimum absolute atomic E-state index is 0.0150. The van der Waals surface area contributed by atoms with Gasteiger partial charge in [0.05, 0.1) is 17.8 Å². The summed E-state index contributed by atoms with van der Waals surface area (Å²) in [6.45, 7) is 0. The Bertz CT molecular complexity index is 1240. The lowest BCUT2D eigenvalue weighted by atomic mass is 9.77. The number of hydrogen-bond acceptors (Lipinski definition) is 7. The van der Waals surface area contributed by atoms with Crippen molar-refractivity contribution >= 4 is 29.3 Å². The Balaban J connectivity index is 1.16. The molecule has 5 rings (SSSR count). The van der Waals surface area contributed by atoms with Crippen LogP contribution in [0, 0.1) is 23.0 Å². The lowest BCUT2D eigenvalue weighted by Gasteiger charge is -2.28. The number of pyridine rings is 1. The SMILES string of the molecule is O=C(Nc1ccc(C2CCC3(CC2)C[C@H]3C(=O)O)nc1)c1nnc(Nc2ccc(F)c(F)c2)o1. The summed E-state index contributed by atoms with van der Waals surface area (Å²) in [5, 5.41) is 21.8. The summed E-state index contributed by atoms with van der Waals surface area (Å²) < 4.78 is 31.6. The Kier molecular flexibility index (Phi) is 5.46. The van der Waals surface area contributed by atoms with Crippen LogP contribution in [0.5, 0.6) is 0 Å². The van der Waals surface area contributed by atoms with Crippen molar-refractivity contribution in [3.8, 4) is 0 Å². The van der Waals surface area contributed by atoms with Gasteiger partial charge in [-0.3, -0.25) is 14.6 Å². The van der Waals surface area contributed by atoms with Gasteiger partial charge < -0.3 is 20.2 Å². The van der Waals surface area contributed by atoms with Crippen LogP contribution in [0.1, 0.15) is 54.4 Å². The van der Waals surface area contributed by atoms with E-state index < -0.39 is 23.5 Å². The van der Waals surface area contributed by atoms with Crippen LogP contribution in [0.25, 0.3) is 0 Å². The highest BCUT2D eigenvalue weighted by Crippen LogP contribution is 2.63. The molecule has 3 aromatic rings. The van der Waals surface area contributed by atoms with Crippen molar-refractivity contribution in [3.63, 3.8) is 0 Å². The van der Waals surface area contributed by atoms with E-state index in [1.165, 1.54) is 6.07 Å². The Morgan fingerprint density at radius 2 is 1.82 bits per heavy atom. The normalized spacial score (nSPS) is 23.5. The van der Waals surface area contributed by atoms with Crippen LogP contribution in [0.4, 0.5) is 26.2 Å². The summed E-state index contributed by atoms with van der Waals surface area (Å²) in [5.41, 5.74) is 1.53. The molecule has 9 nitrogen and oxygen atoms in total. The van der Waals surface area contributed by atoms with Crippen molar-refractivity contribution in [2.24, 2.45) is 11.3 Å². The molecule has 2 aliphatic rings. The molecule has 2 fully saturated rings. The molecule has 11 heteroatoms. The largest absolute Gasteiger partial charge is 0.481 e. The third-order valence-electron chi connectivity index (χ3n) is 6.72. The van der Waals surface area contributed by atoms with Gasteiger partial charge in [-0.2, -0.15) is 0 Å². The summed E-state index contributed by atoms with van der Waals surface area (Å²) in [6, 6.07) is 6.59. The molecule has 176 valence electrons. The molecule has 2 saturated carbocycles. The van der Waals surface area contributed by atoms with Gasteiger partial charge in [-0.15, -0.1) is 5.10 Å². The van der Waals surface area contributed by atoms with Crippen molar-refractivity contribution in [2.45, 2.75) is 38.0 Å². The number of benzene rings is 1. The highest BCUT2D eigenvalue weighted by atomic mass is 19.2. The Hall–Kier alpha value is -3.89. The molecular formula is C23H21F2N5O4. The maximum absolute atomic E-state index is 13.3. The van der Waals surface area contributed by atoms with Crippen LogP contribution in [0.2, 0.25) is 0 Å². The van der Waals surface area contributed by atoms with Gasteiger partial charge in [0.1, 0.15) is 0 Å². The number of amides is 1. The maximum atomic E-state index is 13.3. The summed E-state index contributed by atoms with van der Waals surface area (Å²) >= 11 is 0. The first kappa shape index (κ1) is 21.9. The van der Waals surface area contributed by atoms with E-state index in [1.807, 2.05) is 6.07 Å². The fourth-order valence-corrected chi connectivity index (χ4v) is 4.71. The second-order valence-corrected chi connectivity index (χ2v) is 8.82. The van der Waals surface area contributed by atoms with E-state index in [-0.39, 0.29) is 34.8 Å². The van der Waals surface area contributed by atoms with Gasteiger partial charge in [0.2, 0.25) is 0 Å². The van der Waals surface area contributed by atoms with E-state index in [9.17, 15) is 23.5 Å². The highest BCUT2D eigenvalue weighted by molar-refractivity contribution is 6.00. The molecule has 1 atom stereocenters. The third-order valence-corrected chi connectivity index (χ3v) is 6.72. The van der Waals surface area contributed by atoms with E-state index in [4.69, 9.17) is 4.42 Å². The first-order chi connectivity index (χ1) is 16.3. The molecule has 2 aromatic heterocycles. The van der Waals surface area contributed by atoms with Crippen molar-refractivity contribution in [2.75, 3.05) is 10.6 Å². The molecule has 1 amide bonds. The summed E-state index contributed by atoms with van der Waals surface area (Å²) in [7, 11) is 0. The summed E-state index contributed by atoms with van der Waals surface area (Å²) in [6.07, 6.45) is 5.92. The molecule has 0 saturated heterocycles. The number of carbonyl (C=O) groups is 2. The number of carboxylic acid groups (broad SMARTS) is 1. The van der Waals surface area contributed by atoms with Gasteiger partial charge in [0, 0.05) is 23.4 Å². The van der Waals surface area contributed by atoms with Crippen LogP contribution in [-0.2, 0) is 4.79 Å². The zero-order chi connectivity index (χ0) is 23.9. The van der Waals surface area contributed by atoms with Gasteiger partial charge >= 0.3 is 23.8 Å². The summed E-state index contributed by atoms with van der Waals surface area (Å²) in [4.78, 5) is 28.1. The van der Waals surface area contributed by atoms with E-state index >= 15 is 0 Å². The van der Waals surface area contributed by atoms with Crippen LogP contribution in [0.3, 0.4) is 0 Å². The second-order valence-electron chi connectivity index (χ2n) is 8.82. The van der Waals surface area contributed by atoms with Gasteiger partial charge in [0.25, 0.3) is 0 Å². The molecule has 34 heavy (non-hydrogen) atoms. The van der Waals surface area contributed by atoms with Crippen molar-refractivity contribution < 1.29 is 27.9 Å². The Morgan fingerprint density at radius 1 is 1.06 bits per heavy atom. The molecule has 0 unspecified atom stereocenters. The smallest absolute Gasteiger partial charge is 0.320 e. The van der Waals surface area contributed by atoms with Crippen LogP contribution in [-0.4, -0.2) is 32.2 Å². The maximum Gasteiger partial charge on any atom is 0.320 e. The number of nitrogens with one attached hydrogen (secondary N) is 2. The van der Waals surface area contributed by atoms with Gasteiger partial charge in [-0.25, -0.2) is 8.78 Å². The number of carbonyl (C=O) groups excluding carboxylic acids is 1. The van der Waals surface area contributed by atoms with Gasteiger partial charge in [0.15, 0.2) is 11.6 Å². The fraction of sp³-hybridized carbons (Fsp3) is 0.348. The highest BCUT2D eigenvalue weighted by Gasteiger charge is 2.58. The first-order valence-electron chi connectivity index (χ1n) is 10.9. The van der Waals surface area contributed by atoms with E-state index in [0.717, 1.165) is 49.9 Å². The molecule has 3 N–H and O–H groups in total. The number of rotatable bonds is 6. The van der Waals surface area contributed by atoms with Crippen molar-refractivity contribution in [1.82, 2.24) is 15.2 Å². The predicted octanol–water partition coefficient (Wildman–Crippen LogP) is 4.49. The van der Waals surface area contributed by atoms with Gasteiger partial charge in [-0.1, -0.05) is 5.10 Å². The average Bonchev–Trinajstić information content (AvgIpc) is 3.32. The summed E-state index contributed by atoms with van der Waals surface area (Å²) in [5.74, 6) is -3.61. The third kappa shape index (κ3) is 4.33. The minimum atomic E-state index is -1.04. The number of nitrogens with zero attached hydrogens (tertiary/aromatic N) is 3. The Morgan fingerprint density at radius 3 is 2.47 bits per heavy atom. The van der Waals surface area contributed by atoms with Crippen LogP contribution in [0.15, 0.2) is 40.9 Å². The monoisotopic (exact) mass is 469 g/mol. The number of aliphatic carboxylic acids is 1. The zero-order valence-corrected chi connectivity index (χ0v) is 17.9. The van der Waals surface area contributed by atoms with Crippen molar-refractivity contribution in [3.05, 3.63) is 59.7 Å². The zero-order valence-electron chi connectivity index (χ0n) is 17.9. The Labute approximate surface area is 192 Å². The quantitative estimate of drug-likeness (QED) is 0.482. The number of halogens is 2. The van der Waals surface area contributed by atoms with E-state index in [0.29, 0.717) is 5.69 Å². The van der Waals surface area contributed by atoms with Crippen molar-refractivity contribution in [1.29, 1.82) is 0 Å². The predicted molar refractivity (Wildman–Crippen MR) is 116 cm³/mol. The van der Waals surface area contributed by atoms with Crippen LogP contribution >= 0.6 is 0 Å². The molecule has 0 aliphatic heterocycles. The average molecular weight is 469 g/mol. The first-order valence-corrected chi connectivity index (χ1v) is 10.9. The fourth-order valence-electron chi connectivity index (χ4n) is 4.71. The molecular weight excluding hydrogens is 448 g/mol. The number of hydrogen-bond donors (Lipinski definition) is 3. The second kappa shape index (κ2) is 8.47. The molecule has 0 bridgehead atoms. The standard InChI is InChI=1S/C23H21F2N5O4/c24-16-3-1-13(9-17(16)25)28-22-30-29-20(34-22)19(31)27-14-2-4-18(26-11-14)12-5-7-23(8-6-12)10-15(23)21(32)33/h1-4,9,11-12,15H,5-8,10H2,(H,27,31)(H,28,30)(H,32,33)/t12?,15-,23?/m0/s1. The topological polar surface area (TPSA) is 130 Å². The van der Waals surface area contributed by atoms with E-state index in [2.05, 4.69) is 25.8 Å². The molecule has 1 spiro atoms. The lowest BCUT2D eigenvalue weighted by Crippen LogP contribution is -2.19.